The topological polar surface area (TPSA) is 104 Å². The van der Waals surface area contributed by atoms with Crippen LogP contribution in [0.1, 0.15) is 67.7 Å². The number of esters is 1. The van der Waals surface area contributed by atoms with Crippen LogP contribution in [-0.4, -0.2) is 61.6 Å². The van der Waals surface area contributed by atoms with Crippen molar-refractivity contribution in [3.8, 4) is 23.0 Å². The number of amides is 1. The molecule has 9 nitrogen and oxygen atoms in total. The maximum Gasteiger partial charge on any atom is 0.410 e. The van der Waals surface area contributed by atoms with E-state index >= 15 is 0 Å². The molecular formula is C28H37NO8. The normalized spacial score (nSPS) is 15.2. The van der Waals surface area contributed by atoms with E-state index in [1.54, 1.807) is 43.9 Å². The summed E-state index contributed by atoms with van der Waals surface area (Å²) >= 11 is 0. The molecule has 1 amide bonds. The third kappa shape index (κ3) is 6.21. The first kappa shape index (κ1) is 28.0. The van der Waals surface area contributed by atoms with Crippen LogP contribution in [-0.2, 0) is 22.3 Å². The largest absolute Gasteiger partial charge is 0.504 e. The fourth-order valence-corrected chi connectivity index (χ4v) is 4.49. The molecule has 1 aliphatic heterocycles. The molecule has 0 bridgehead atoms. The number of phenolic OH excluding ortho intramolecular Hbond substituents is 1. The molecule has 0 radical (unpaired) electrons. The van der Waals surface area contributed by atoms with Crippen molar-refractivity contribution in [1.82, 2.24) is 4.90 Å². The first-order valence-electron chi connectivity index (χ1n) is 12.2. The fraction of sp³-hybridized carbons (Fsp3) is 0.500. The number of aromatic hydroxyl groups is 1. The molecule has 0 saturated heterocycles. The summed E-state index contributed by atoms with van der Waals surface area (Å²) in [5.74, 6) is 0.558. The lowest BCUT2D eigenvalue weighted by Crippen LogP contribution is -2.44. The molecule has 0 spiro atoms. The van der Waals surface area contributed by atoms with E-state index in [4.69, 9.17) is 23.7 Å². The van der Waals surface area contributed by atoms with E-state index in [-0.39, 0.29) is 24.0 Å². The zero-order valence-electron chi connectivity index (χ0n) is 22.8. The van der Waals surface area contributed by atoms with Crippen LogP contribution in [0.5, 0.6) is 23.0 Å². The molecule has 1 N–H and O–H groups in total. The van der Waals surface area contributed by atoms with Gasteiger partial charge in [-0.1, -0.05) is 0 Å². The zero-order chi connectivity index (χ0) is 27.5. The third-order valence-electron chi connectivity index (χ3n) is 5.99. The Hall–Kier alpha value is -3.62. The van der Waals surface area contributed by atoms with Crippen LogP contribution < -0.4 is 14.2 Å². The molecular weight excluding hydrogens is 478 g/mol. The van der Waals surface area contributed by atoms with Crippen molar-refractivity contribution in [3.63, 3.8) is 0 Å². The van der Waals surface area contributed by atoms with Gasteiger partial charge in [0.15, 0.2) is 11.5 Å². The SMILES string of the molecule is COC(=O)c1ccc(OC(C)C)c(C[C@H]2c3c(cc(OC)c(OC)c3O)CCN2C(=O)OC(C)(C)C)c1. The van der Waals surface area contributed by atoms with Crippen molar-refractivity contribution in [1.29, 1.82) is 0 Å². The van der Waals surface area contributed by atoms with Crippen molar-refractivity contribution in [2.45, 2.75) is 65.2 Å². The van der Waals surface area contributed by atoms with Gasteiger partial charge >= 0.3 is 12.1 Å². The number of hydrogen-bond donors (Lipinski definition) is 1. The van der Waals surface area contributed by atoms with Crippen molar-refractivity contribution in [2.24, 2.45) is 0 Å². The molecule has 202 valence electrons. The van der Waals surface area contributed by atoms with E-state index in [1.807, 2.05) is 19.9 Å². The van der Waals surface area contributed by atoms with Crippen LogP contribution in [0, 0.1) is 0 Å². The maximum atomic E-state index is 13.4. The van der Waals surface area contributed by atoms with Crippen LogP contribution in [0.25, 0.3) is 0 Å². The lowest BCUT2D eigenvalue weighted by atomic mass is 9.87. The summed E-state index contributed by atoms with van der Waals surface area (Å²) in [7, 11) is 4.27. The van der Waals surface area contributed by atoms with Gasteiger partial charge in [0.05, 0.1) is 39.0 Å². The Labute approximate surface area is 218 Å². The minimum absolute atomic E-state index is 0.106. The number of methoxy groups -OCH3 is 3. The molecule has 9 heteroatoms. The Morgan fingerprint density at radius 3 is 2.35 bits per heavy atom. The van der Waals surface area contributed by atoms with Crippen molar-refractivity contribution < 1.29 is 38.4 Å². The van der Waals surface area contributed by atoms with E-state index in [2.05, 4.69) is 0 Å². The molecule has 3 rings (SSSR count). The second kappa shape index (κ2) is 11.2. The highest BCUT2D eigenvalue weighted by Gasteiger charge is 2.38. The van der Waals surface area contributed by atoms with E-state index in [0.29, 0.717) is 41.2 Å². The molecule has 0 fully saturated rings. The predicted octanol–water partition coefficient (Wildman–Crippen LogP) is 5.06. The molecule has 0 saturated carbocycles. The standard InChI is InChI=1S/C28H37NO8/c1-16(2)36-21-10-9-18(26(31)35-8)13-19(21)14-20-23-17(15-22(33-6)25(34-7)24(23)30)11-12-29(20)27(32)37-28(3,4)5/h9-10,13,15-16,20,30H,11-12,14H2,1-8H3/t20-/m0/s1. The lowest BCUT2D eigenvalue weighted by Gasteiger charge is -2.39. The van der Waals surface area contributed by atoms with Gasteiger partial charge in [0.2, 0.25) is 5.75 Å². The molecule has 37 heavy (non-hydrogen) atoms. The van der Waals surface area contributed by atoms with E-state index < -0.39 is 23.7 Å². The van der Waals surface area contributed by atoms with Gasteiger partial charge in [-0.2, -0.15) is 0 Å². The summed E-state index contributed by atoms with van der Waals surface area (Å²) in [5.41, 5.74) is 1.68. The summed E-state index contributed by atoms with van der Waals surface area (Å²) in [6.07, 6.45) is 0.0903. The lowest BCUT2D eigenvalue weighted by molar-refractivity contribution is 0.0137. The van der Waals surface area contributed by atoms with Crippen LogP contribution in [0.2, 0.25) is 0 Å². The Kier molecular flexibility index (Phi) is 8.46. The number of benzene rings is 2. The van der Waals surface area contributed by atoms with Crippen LogP contribution >= 0.6 is 0 Å². The minimum Gasteiger partial charge on any atom is -0.504 e. The summed E-state index contributed by atoms with van der Waals surface area (Å²) in [4.78, 5) is 27.3. The van der Waals surface area contributed by atoms with Crippen LogP contribution in [0.15, 0.2) is 24.3 Å². The second-order valence-electron chi connectivity index (χ2n) is 10.2. The zero-order valence-corrected chi connectivity index (χ0v) is 22.8. The number of nitrogens with zero attached hydrogens (tertiary/aromatic N) is 1. The first-order valence-corrected chi connectivity index (χ1v) is 12.2. The average molecular weight is 516 g/mol. The van der Waals surface area contributed by atoms with E-state index in [0.717, 1.165) is 5.56 Å². The molecule has 1 aliphatic rings. The van der Waals surface area contributed by atoms with Gasteiger partial charge in [0, 0.05) is 18.5 Å². The minimum atomic E-state index is -0.710. The predicted molar refractivity (Wildman–Crippen MR) is 138 cm³/mol. The van der Waals surface area contributed by atoms with Gasteiger partial charge < -0.3 is 33.7 Å². The highest BCUT2D eigenvalue weighted by atomic mass is 16.6. The fourth-order valence-electron chi connectivity index (χ4n) is 4.49. The molecule has 1 heterocycles. The van der Waals surface area contributed by atoms with Crippen molar-refractivity contribution in [2.75, 3.05) is 27.9 Å². The Morgan fingerprint density at radius 1 is 1.08 bits per heavy atom. The highest BCUT2D eigenvalue weighted by molar-refractivity contribution is 5.89. The van der Waals surface area contributed by atoms with Gasteiger partial charge in [0.1, 0.15) is 11.4 Å². The van der Waals surface area contributed by atoms with Crippen LogP contribution in [0.3, 0.4) is 0 Å². The van der Waals surface area contributed by atoms with Gasteiger partial charge in [-0.3, -0.25) is 0 Å². The number of rotatable bonds is 7. The van der Waals surface area contributed by atoms with Gasteiger partial charge in [-0.05, 0) is 76.4 Å². The van der Waals surface area contributed by atoms with E-state index in [1.165, 1.54) is 21.3 Å². The van der Waals surface area contributed by atoms with Gasteiger partial charge in [-0.25, -0.2) is 9.59 Å². The summed E-state index contributed by atoms with van der Waals surface area (Å²) in [6, 6.07) is 6.24. The molecule has 0 unspecified atom stereocenters. The Morgan fingerprint density at radius 2 is 1.78 bits per heavy atom. The number of carbonyl (C=O) groups excluding carboxylic acids is 2. The molecule has 2 aromatic carbocycles. The number of hydrogen-bond acceptors (Lipinski definition) is 8. The maximum absolute atomic E-state index is 13.4. The van der Waals surface area contributed by atoms with E-state index in [9.17, 15) is 14.7 Å². The molecule has 0 aliphatic carbocycles. The average Bonchev–Trinajstić information content (AvgIpc) is 2.82. The molecule has 2 aromatic rings. The molecule has 0 aromatic heterocycles. The number of fused-ring (bicyclic) bond motifs is 1. The quantitative estimate of drug-likeness (QED) is 0.511. The first-order chi connectivity index (χ1) is 17.4. The Bertz CT molecular complexity index is 1150. The van der Waals surface area contributed by atoms with Crippen molar-refractivity contribution in [3.05, 3.63) is 46.5 Å². The van der Waals surface area contributed by atoms with Gasteiger partial charge in [0.25, 0.3) is 0 Å². The molecule has 1 atom stereocenters. The summed E-state index contributed by atoms with van der Waals surface area (Å²) in [5, 5.41) is 11.3. The second-order valence-corrected chi connectivity index (χ2v) is 10.2. The monoisotopic (exact) mass is 515 g/mol. The number of ether oxygens (including phenoxy) is 5. The van der Waals surface area contributed by atoms with Gasteiger partial charge in [-0.15, -0.1) is 0 Å². The Balaban J connectivity index is 2.19. The van der Waals surface area contributed by atoms with Crippen molar-refractivity contribution >= 4 is 12.1 Å². The number of phenols is 1. The summed E-state index contributed by atoms with van der Waals surface area (Å²) < 4.78 is 27.6. The third-order valence-corrected chi connectivity index (χ3v) is 5.99. The number of carbonyl (C=O) groups is 2. The highest BCUT2D eigenvalue weighted by Crippen LogP contribution is 2.48. The smallest absolute Gasteiger partial charge is 0.410 e. The van der Waals surface area contributed by atoms with Crippen LogP contribution in [0.4, 0.5) is 4.79 Å². The summed E-state index contributed by atoms with van der Waals surface area (Å²) in [6.45, 7) is 9.58.